The average molecular weight is 265 g/mol. The molecule has 20 heavy (non-hydrogen) atoms. The first-order valence-electron chi connectivity index (χ1n) is 7.69. The van der Waals surface area contributed by atoms with E-state index in [-0.39, 0.29) is 6.04 Å². The largest absolute Gasteiger partial charge is 0.324 e. The zero-order valence-corrected chi connectivity index (χ0v) is 12.2. The van der Waals surface area contributed by atoms with Crippen LogP contribution in [0.25, 0.3) is 0 Å². The number of hydrogen-bond donors (Lipinski definition) is 1. The maximum Gasteiger partial charge on any atom is 0.0329 e. The lowest BCUT2D eigenvalue weighted by Crippen LogP contribution is -2.28. The third kappa shape index (κ3) is 2.64. The molecule has 0 heterocycles. The second-order valence-corrected chi connectivity index (χ2v) is 5.90. The van der Waals surface area contributed by atoms with Crippen LogP contribution >= 0.6 is 0 Å². The molecular weight excluding hydrogens is 242 g/mol. The van der Waals surface area contributed by atoms with Crippen molar-refractivity contribution >= 4 is 0 Å². The second kappa shape index (κ2) is 5.80. The van der Waals surface area contributed by atoms with Crippen LogP contribution in [0.4, 0.5) is 0 Å². The van der Waals surface area contributed by atoms with Gasteiger partial charge in [0, 0.05) is 6.04 Å². The minimum Gasteiger partial charge on any atom is -0.324 e. The van der Waals surface area contributed by atoms with Crippen LogP contribution in [0.15, 0.2) is 48.5 Å². The Hall–Kier alpha value is -1.60. The van der Waals surface area contributed by atoms with Crippen LogP contribution < -0.4 is 5.73 Å². The first-order chi connectivity index (χ1) is 9.78. The van der Waals surface area contributed by atoms with Crippen molar-refractivity contribution in [2.24, 2.45) is 11.7 Å². The lowest BCUT2D eigenvalue weighted by molar-refractivity contribution is 0.376. The molecule has 0 radical (unpaired) electrons. The summed E-state index contributed by atoms with van der Waals surface area (Å²) in [5.74, 6) is 0.567. The third-order valence-corrected chi connectivity index (χ3v) is 4.64. The van der Waals surface area contributed by atoms with Gasteiger partial charge in [-0.2, -0.15) is 0 Å². The van der Waals surface area contributed by atoms with E-state index in [1.807, 2.05) is 0 Å². The summed E-state index contributed by atoms with van der Waals surface area (Å²) in [4.78, 5) is 0. The molecule has 0 amide bonds. The molecule has 1 heteroatoms. The Morgan fingerprint density at radius 1 is 1.00 bits per heavy atom. The minimum atomic E-state index is 0.186. The molecule has 0 spiro atoms. The molecule has 0 saturated heterocycles. The maximum atomic E-state index is 6.49. The molecule has 104 valence electrons. The average Bonchev–Trinajstić information content (AvgIpc) is 2.51. The molecule has 2 aromatic rings. The van der Waals surface area contributed by atoms with Gasteiger partial charge >= 0.3 is 0 Å². The van der Waals surface area contributed by atoms with Crippen LogP contribution in [0.3, 0.4) is 0 Å². The first-order valence-corrected chi connectivity index (χ1v) is 7.69. The monoisotopic (exact) mass is 265 g/mol. The third-order valence-electron chi connectivity index (χ3n) is 4.64. The summed E-state index contributed by atoms with van der Waals surface area (Å²) in [7, 11) is 0. The van der Waals surface area contributed by atoms with E-state index in [4.69, 9.17) is 5.73 Å². The molecule has 3 rings (SSSR count). The van der Waals surface area contributed by atoms with Gasteiger partial charge in [0.25, 0.3) is 0 Å². The SMILES string of the molecule is CCc1ccc(CC2CCc3ccccc3C2N)cc1. The summed E-state index contributed by atoms with van der Waals surface area (Å²) in [6.45, 7) is 2.20. The van der Waals surface area contributed by atoms with E-state index in [0.29, 0.717) is 5.92 Å². The van der Waals surface area contributed by atoms with Crippen molar-refractivity contribution < 1.29 is 0 Å². The van der Waals surface area contributed by atoms with Crippen LogP contribution in [0.2, 0.25) is 0 Å². The molecule has 0 aliphatic heterocycles. The van der Waals surface area contributed by atoms with Gasteiger partial charge < -0.3 is 5.73 Å². The van der Waals surface area contributed by atoms with Gasteiger partial charge in [0.2, 0.25) is 0 Å². The fraction of sp³-hybridized carbons (Fsp3) is 0.368. The molecular formula is C19H23N. The zero-order valence-electron chi connectivity index (χ0n) is 12.2. The van der Waals surface area contributed by atoms with Gasteiger partial charge in [0.15, 0.2) is 0 Å². The highest BCUT2D eigenvalue weighted by molar-refractivity contribution is 5.33. The van der Waals surface area contributed by atoms with Crippen LogP contribution in [-0.2, 0) is 19.3 Å². The number of nitrogens with two attached hydrogens (primary N) is 1. The number of benzene rings is 2. The minimum absolute atomic E-state index is 0.186. The van der Waals surface area contributed by atoms with Gasteiger partial charge in [0.05, 0.1) is 0 Å². The van der Waals surface area contributed by atoms with Crippen LogP contribution in [0.5, 0.6) is 0 Å². The summed E-state index contributed by atoms with van der Waals surface area (Å²) in [5, 5.41) is 0. The molecule has 2 aromatic carbocycles. The molecule has 0 saturated carbocycles. The van der Waals surface area contributed by atoms with Gasteiger partial charge in [-0.15, -0.1) is 0 Å². The van der Waals surface area contributed by atoms with Gasteiger partial charge in [-0.25, -0.2) is 0 Å². The Bertz CT molecular complexity index is 571. The van der Waals surface area contributed by atoms with E-state index in [9.17, 15) is 0 Å². The molecule has 2 unspecified atom stereocenters. The predicted octanol–water partition coefficient (Wildman–Crippen LogP) is 4.05. The van der Waals surface area contributed by atoms with Gasteiger partial charge in [0.1, 0.15) is 0 Å². The molecule has 2 atom stereocenters. The van der Waals surface area contributed by atoms with Crippen LogP contribution in [0, 0.1) is 5.92 Å². The molecule has 2 N–H and O–H groups in total. The Kier molecular flexibility index (Phi) is 3.88. The summed E-state index contributed by atoms with van der Waals surface area (Å²) < 4.78 is 0. The Balaban J connectivity index is 1.75. The molecule has 0 aromatic heterocycles. The number of aryl methyl sites for hydroxylation is 2. The van der Waals surface area contributed by atoms with E-state index < -0.39 is 0 Å². The topological polar surface area (TPSA) is 26.0 Å². The zero-order chi connectivity index (χ0) is 13.9. The van der Waals surface area contributed by atoms with Crippen LogP contribution in [-0.4, -0.2) is 0 Å². The van der Waals surface area contributed by atoms with Crippen molar-refractivity contribution in [3.8, 4) is 0 Å². The lowest BCUT2D eigenvalue weighted by Gasteiger charge is -2.31. The number of rotatable bonds is 3. The quantitative estimate of drug-likeness (QED) is 0.890. The standard InChI is InChI=1S/C19H23N/c1-2-14-7-9-15(10-8-14)13-17-12-11-16-5-3-4-6-18(16)19(17)20/h3-10,17,19H,2,11-13,20H2,1H3. The van der Waals surface area contributed by atoms with E-state index in [2.05, 4.69) is 55.5 Å². The Morgan fingerprint density at radius 2 is 1.70 bits per heavy atom. The smallest absolute Gasteiger partial charge is 0.0329 e. The highest BCUT2D eigenvalue weighted by Crippen LogP contribution is 2.34. The van der Waals surface area contributed by atoms with Crippen molar-refractivity contribution in [1.82, 2.24) is 0 Å². The molecule has 1 nitrogen and oxygen atoms in total. The molecule has 1 aliphatic carbocycles. The highest BCUT2D eigenvalue weighted by atomic mass is 14.7. The normalized spacial score (nSPS) is 21.5. The Labute approximate surface area is 121 Å². The molecule has 1 aliphatic rings. The fourth-order valence-electron chi connectivity index (χ4n) is 3.30. The van der Waals surface area contributed by atoms with E-state index in [1.165, 1.54) is 35.1 Å². The predicted molar refractivity (Wildman–Crippen MR) is 84.7 cm³/mol. The summed E-state index contributed by atoms with van der Waals surface area (Å²) in [6, 6.07) is 17.9. The van der Waals surface area contributed by atoms with Gasteiger partial charge in [-0.1, -0.05) is 55.5 Å². The van der Waals surface area contributed by atoms with Crippen molar-refractivity contribution in [2.75, 3.05) is 0 Å². The maximum absolute atomic E-state index is 6.49. The molecule has 0 bridgehead atoms. The van der Waals surface area contributed by atoms with Gasteiger partial charge in [-0.3, -0.25) is 0 Å². The van der Waals surface area contributed by atoms with E-state index in [0.717, 1.165) is 12.8 Å². The van der Waals surface area contributed by atoms with Crippen molar-refractivity contribution in [3.05, 3.63) is 70.8 Å². The lowest BCUT2D eigenvalue weighted by atomic mass is 9.77. The number of hydrogen-bond acceptors (Lipinski definition) is 1. The summed E-state index contributed by atoms with van der Waals surface area (Å²) in [5.41, 5.74) is 12.1. The van der Waals surface area contributed by atoms with Gasteiger partial charge in [-0.05, 0) is 53.9 Å². The van der Waals surface area contributed by atoms with Crippen molar-refractivity contribution in [2.45, 2.75) is 38.6 Å². The fourth-order valence-corrected chi connectivity index (χ4v) is 3.30. The second-order valence-electron chi connectivity index (χ2n) is 5.90. The van der Waals surface area contributed by atoms with Crippen molar-refractivity contribution in [3.63, 3.8) is 0 Å². The van der Waals surface area contributed by atoms with Crippen molar-refractivity contribution in [1.29, 1.82) is 0 Å². The first kappa shape index (κ1) is 13.4. The highest BCUT2D eigenvalue weighted by Gasteiger charge is 2.26. The number of fused-ring (bicyclic) bond motifs is 1. The molecule has 0 fully saturated rings. The summed E-state index contributed by atoms with van der Waals surface area (Å²) >= 11 is 0. The van der Waals surface area contributed by atoms with E-state index >= 15 is 0 Å². The van der Waals surface area contributed by atoms with E-state index in [1.54, 1.807) is 0 Å². The Morgan fingerprint density at radius 3 is 2.45 bits per heavy atom. The summed E-state index contributed by atoms with van der Waals surface area (Å²) in [6.07, 6.45) is 4.57. The van der Waals surface area contributed by atoms with Crippen LogP contribution in [0.1, 0.15) is 41.6 Å².